The molecule has 0 spiro atoms. The first-order chi connectivity index (χ1) is 10.2. The van der Waals surface area contributed by atoms with Gasteiger partial charge in [0.1, 0.15) is 0 Å². The Hall–Kier alpha value is -1.31. The van der Waals surface area contributed by atoms with Crippen LogP contribution in [0.1, 0.15) is 63.9 Å². The Morgan fingerprint density at radius 2 is 1.71 bits per heavy atom. The Labute approximate surface area is 128 Å². The first-order valence-corrected chi connectivity index (χ1v) is 8.59. The monoisotopic (exact) mass is 285 g/mol. The number of hydrogen-bond acceptors (Lipinski definition) is 1. The average Bonchev–Trinajstić information content (AvgIpc) is 3.01. The Morgan fingerprint density at radius 3 is 2.38 bits per heavy atom. The number of nitrogens with one attached hydrogen (secondary N) is 1. The van der Waals surface area contributed by atoms with Crippen LogP contribution < -0.4 is 5.32 Å². The molecule has 0 saturated heterocycles. The lowest BCUT2D eigenvalue weighted by Crippen LogP contribution is -2.49. The molecule has 0 heterocycles. The van der Waals surface area contributed by atoms with Gasteiger partial charge in [-0.25, -0.2) is 0 Å². The molecule has 2 saturated carbocycles. The van der Waals surface area contributed by atoms with E-state index in [0.29, 0.717) is 12.0 Å². The van der Waals surface area contributed by atoms with Crippen molar-refractivity contribution in [2.75, 3.05) is 0 Å². The van der Waals surface area contributed by atoms with Crippen molar-refractivity contribution < 1.29 is 4.79 Å². The highest BCUT2D eigenvalue weighted by Crippen LogP contribution is 2.41. The molecule has 21 heavy (non-hydrogen) atoms. The lowest BCUT2D eigenvalue weighted by Gasteiger charge is -2.35. The van der Waals surface area contributed by atoms with Gasteiger partial charge in [-0.3, -0.25) is 4.79 Å². The van der Waals surface area contributed by atoms with Crippen molar-refractivity contribution in [3.8, 4) is 0 Å². The summed E-state index contributed by atoms with van der Waals surface area (Å²) < 4.78 is 0. The van der Waals surface area contributed by atoms with E-state index in [1.54, 1.807) is 0 Å². The number of rotatable bonds is 3. The highest BCUT2D eigenvalue weighted by atomic mass is 16.2. The molecule has 1 aromatic rings. The number of hydrogen-bond donors (Lipinski definition) is 1. The van der Waals surface area contributed by atoms with Gasteiger partial charge < -0.3 is 5.32 Å². The fraction of sp³-hybridized carbons (Fsp3) is 0.632. The second kappa shape index (κ2) is 6.21. The average molecular weight is 285 g/mol. The van der Waals surface area contributed by atoms with E-state index in [4.69, 9.17) is 0 Å². The molecule has 1 amide bonds. The van der Waals surface area contributed by atoms with Gasteiger partial charge in [0.25, 0.3) is 0 Å². The van der Waals surface area contributed by atoms with Crippen LogP contribution in [0, 0.1) is 5.92 Å². The van der Waals surface area contributed by atoms with Crippen LogP contribution in [-0.4, -0.2) is 11.9 Å². The van der Waals surface area contributed by atoms with Crippen LogP contribution in [0.2, 0.25) is 0 Å². The van der Waals surface area contributed by atoms with Gasteiger partial charge in [-0.05, 0) is 37.2 Å². The number of benzene rings is 1. The highest BCUT2D eigenvalue weighted by molar-refractivity contribution is 5.88. The van der Waals surface area contributed by atoms with E-state index < -0.39 is 0 Å². The first kappa shape index (κ1) is 14.6. The molecule has 2 heteroatoms. The minimum atomic E-state index is -0.265. The van der Waals surface area contributed by atoms with Gasteiger partial charge in [0.05, 0.1) is 5.41 Å². The largest absolute Gasteiger partial charge is 0.352 e. The van der Waals surface area contributed by atoms with Crippen molar-refractivity contribution in [1.82, 2.24) is 5.32 Å². The Morgan fingerprint density at radius 1 is 1.05 bits per heavy atom. The van der Waals surface area contributed by atoms with Gasteiger partial charge in [0.2, 0.25) is 5.91 Å². The molecule has 2 aliphatic carbocycles. The van der Waals surface area contributed by atoms with Crippen molar-refractivity contribution in [1.29, 1.82) is 0 Å². The summed E-state index contributed by atoms with van der Waals surface area (Å²) in [6, 6.07) is 10.8. The summed E-state index contributed by atoms with van der Waals surface area (Å²) in [5.41, 5.74) is 0.946. The predicted molar refractivity (Wildman–Crippen MR) is 86.2 cm³/mol. The number of carbonyl (C=O) groups excluding carboxylic acids is 1. The van der Waals surface area contributed by atoms with Crippen molar-refractivity contribution in [3.63, 3.8) is 0 Å². The molecular weight excluding hydrogens is 258 g/mol. The predicted octanol–water partition coefficient (Wildman–Crippen LogP) is 4.19. The van der Waals surface area contributed by atoms with Gasteiger partial charge in [0.15, 0.2) is 0 Å². The molecule has 0 bridgehead atoms. The van der Waals surface area contributed by atoms with E-state index >= 15 is 0 Å². The van der Waals surface area contributed by atoms with Crippen LogP contribution in [0.25, 0.3) is 0 Å². The zero-order valence-electron chi connectivity index (χ0n) is 13.1. The van der Waals surface area contributed by atoms with Gasteiger partial charge in [-0.1, -0.05) is 62.9 Å². The van der Waals surface area contributed by atoms with E-state index in [1.807, 2.05) is 6.07 Å². The smallest absolute Gasteiger partial charge is 0.230 e. The zero-order valence-corrected chi connectivity index (χ0v) is 13.1. The summed E-state index contributed by atoms with van der Waals surface area (Å²) in [6.45, 7) is 2.29. The van der Waals surface area contributed by atoms with Crippen LogP contribution in [0.5, 0.6) is 0 Å². The normalized spacial score (nSPS) is 28.2. The molecule has 0 unspecified atom stereocenters. The van der Waals surface area contributed by atoms with Crippen molar-refractivity contribution >= 4 is 5.91 Å². The topological polar surface area (TPSA) is 29.1 Å². The SMILES string of the molecule is C[C@H]1CCCC[C@@H]1NC(=O)C1(c2ccccc2)CCCC1. The zero-order chi connectivity index (χ0) is 14.7. The third-order valence-electron chi connectivity index (χ3n) is 5.65. The highest BCUT2D eigenvalue weighted by Gasteiger charge is 2.43. The summed E-state index contributed by atoms with van der Waals surface area (Å²) in [4.78, 5) is 13.1. The molecule has 0 aliphatic heterocycles. The molecule has 2 atom stereocenters. The maximum absolute atomic E-state index is 13.1. The summed E-state index contributed by atoms with van der Waals surface area (Å²) >= 11 is 0. The maximum atomic E-state index is 13.1. The second-order valence-electron chi connectivity index (χ2n) is 7.00. The molecule has 3 rings (SSSR count). The minimum Gasteiger partial charge on any atom is -0.352 e. The van der Waals surface area contributed by atoms with Crippen LogP contribution in [0.15, 0.2) is 30.3 Å². The van der Waals surface area contributed by atoms with Gasteiger partial charge in [-0.2, -0.15) is 0 Å². The second-order valence-corrected chi connectivity index (χ2v) is 7.00. The van der Waals surface area contributed by atoms with E-state index in [9.17, 15) is 4.79 Å². The van der Waals surface area contributed by atoms with E-state index in [0.717, 1.165) is 19.3 Å². The van der Waals surface area contributed by atoms with Gasteiger partial charge in [-0.15, -0.1) is 0 Å². The Balaban J connectivity index is 1.79. The lowest BCUT2D eigenvalue weighted by molar-refractivity contribution is -0.128. The third-order valence-corrected chi connectivity index (χ3v) is 5.65. The molecule has 1 aromatic carbocycles. The van der Waals surface area contributed by atoms with Crippen molar-refractivity contribution in [2.24, 2.45) is 5.92 Å². The molecule has 1 N–H and O–H groups in total. The molecule has 2 fully saturated rings. The number of carbonyl (C=O) groups is 1. The van der Waals surface area contributed by atoms with E-state index in [-0.39, 0.29) is 11.3 Å². The summed E-state index contributed by atoms with van der Waals surface area (Å²) in [5, 5.41) is 3.41. The van der Waals surface area contributed by atoms with Crippen molar-refractivity contribution in [2.45, 2.75) is 69.7 Å². The van der Waals surface area contributed by atoms with Gasteiger partial charge >= 0.3 is 0 Å². The molecule has 114 valence electrons. The van der Waals surface area contributed by atoms with E-state index in [1.165, 1.54) is 37.7 Å². The summed E-state index contributed by atoms with van der Waals surface area (Å²) in [7, 11) is 0. The quantitative estimate of drug-likeness (QED) is 0.886. The molecule has 2 nitrogen and oxygen atoms in total. The maximum Gasteiger partial charge on any atom is 0.230 e. The first-order valence-electron chi connectivity index (χ1n) is 8.59. The Bertz CT molecular complexity index is 476. The lowest BCUT2D eigenvalue weighted by atomic mass is 9.77. The van der Waals surface area contributed by atoms with E-state index in [2.05, 4.69) is 36.5 Å². The van der Waals surface area contributed by atoms with Crippen molar-refractivity contribution in [3.05, 3.63) is 35.9 Å². The molecule has 2 aliphatic rings. The standard InChI is InChI=1S/C19H27NO/c1-15-9-5-6-12-17(15)20-18(21)19(13-7-8-14-19)16-10-3-2-4-11-16/h2-4,10-11,15,17H,5-9,12-14H2,1H3,(H,20,21)/t15-,17-/m0/s1. The molecule has 0 radical (unpaired) electrons. The molecule has 0 aromatic heterocycles. The minimum absolute atomic E-state index is 0.265. The molecular formula is C19H27NO. The van der Waals surface area contributed by atoms with Crippen LogP contribution in [0.4, 0.5) is 0 Å². The Kier molecular flexibility index (Phi) is 4.32. The fourth-order valence-corrected chi connectivity index (χ4v) is 4.22. The number of amides is 1. The third kappa shape index (κ3) is 2.86. The fourth-order valence-electron chi connectivity index (χ4n) is 4.22. The van der Waals surface area contributed by atoms with Gasteiger partial charge in [0, 0.05) is 6.04 Å². The van der Waals surface area contributed by atoms with Crippen LogP contribution >= 0.6 is 0 Å². The van der Waals surface area contributed by atoms with Crippen LogP contribution in [-0.2, 0) is 10.2 Å². The van der Waals surface area contributed by atoms with Crippen LogP contribution in [0.3, 0.4) is 0 Å². The summed E-state index contributed by atoms with van der Waals surface area (Å²) in [5.74, 6) is 0.905. The summed E-state index contributed by atoms with van der Waals surface area (Å²) in [6.07, 6.45) is 9.32.